The summed E-state index contributed by atoms with van der Waals surface area (Å²) in [6, 6.07) is 0. The number of aromatic nitrogens is 8. The average molecular weight is 628 g/mol. The predicted octanol–water partition coefficient (Wildman–Crippen LogP) is 0.714. The Morgan fingerprint density at radius 3 is 2.81 bits per heavy atom. The fourth-order valence-electron chi connectivity index (χ4n) is 4.30. The van der Waals surface area contributed by atoms with Gasteiger partial charge < -0.3 is 19.5 Å². The Balaban J connectivity index is 1.42. The van der Waals surface area contributed by atoms with E-state index in [9.17, 15) is 24.4 Å². The zero-order valence-electron chi connectivity index (χ0n) is 22.2. The summed E-state index contributed by atoms with van der Waals surface area (Å²) >= 11 is 4.01. The van der Waals surface area contributed by atoms with Crippen LogP contribution in [-0.4, -0.2) is 86.8 Å². The first-order chi connectivity index (χ1) is 20.0. The standard InChI is InChI=1S/C22H27FN9O8PS/c1-10(2)19(35)29-22-28-18-15(20(36)30-22)26-9-32(18)21-16(14(23)12(6-34)39-21)40-41(37,42)38-7-13-27-11-5-24-8-25-17(11)31(13)3-4-33/h5,8-10,12,14,16,21,33-34H,3-4,6-7H2,1-2H3,(H,37,42)(H2,28,29,30,35,36)/t12-,14-,16-,21-,41?/m1/s1. The van der Waals surface area contributed by atoms with Crippen LogP contribution in [-0.2, 0) is 36.3 Å². The number of hydrogen-bond donors (Lipinski definition) is 5. The lowest BCUT2D eigenvalue weighted by Crippen LogP contribution is -2.31. The highest BCUT2D eigenvalue weighted by molar-refractivity contribution is 8.44. The van der Waals surface area contributed by atoms with Crippen molar-refractivity contribution in [3.8, 4) is 0 Å². The molecule has 1 fully saturated rings. The van der Waals surface area contributed by atoms with Crippen molar-refractivity contribution in [2.45, 2.75) is 51.6 Å². The van der Waals surface area contributed by atoms with Crippen LogP contribution in [0.4, 0.5) is 10.3 Å². The van der Waals surface area contributed by atoms with E-state index in [0.29, 0.717) is 11.2 Å². The Hall–Kier alpha value is -3.32. The highest BCUT2D eigenvalue weighted by Gasteiger charge is 2.50. The third-order valence-corrected chi connectivity index (χ3v) is 7.94. The minimum Gasteiger partial charge on any atom is -0.395 e. The number of H-pyrrole nitrogens is 1. The maximum atomic E-state index is 15.5. The third-order valence-electron chi connectivity index (χ3n) is 6.34. The van der Waals surface area contributed by atoms with E-state index in [-0.39, 0.29) is 36.1 Å². The first-order valence-electron chi connectivity index (χ1n) is 12.6. The van der Waals surface area contributed by atoms with Crippen molar-refractivity contribution in [2.75, 3.05) is 18.5 Å². The second-order valence-corrected chi connectivity index (χ2v) is 12.4. The van der Waals surface area contributed by atoms with Crippen molar-refractivity contribution in [2.24, 2.45) is 5.92 Å². The van der Waals surface area contributed by atoms with E-state index in [1.54, 1.807) is 13.8 Å². The molecule has 0 aliphatic carbocycles. The molecule has 0 bridgehead atoms. The number of aliphatic hydroxyl groups is 2. The zero-order valence-corrected chi connectivity index (χ0v) is 24.0. The summed E-state index contributed by atoms with van der Waals surface area (Å²) in [5.74, 6) is -0.792. The van der Waals surface area contributed by atoms with Gasteiger partial charge >= 0.3 is 6.80 Å². The molecule has 17 nitrogen and oxygen atoms in total. The fourth-order valence-corrected chi connectivity index (χ4v) is 5.67. The smallest absolute Gasteiger partial charge is 0.387 e. The molecule has 1 amide bonds. The van der Waals surface area contributed by atoms with Gasteiger partial charge in [0.2, 0.25) is 11.9 Å². The molecule has 0 spiro atoms. The maximum Gasteiger partial charge on any atom is 0.387 e. The number of aliphatic hydroxyl groups excluding tert-OH is 2. The van der Waals surface area contributed by atoms with Crippen molar-refractivity contribution < 1.29 is 37.7 Å². The van der Waals surface area contributed by atoms with Gasteiger partial charge in [-0.2, -0.15) is 4.98 Å². The Morgan fingerprint density at radius 1 is 1.31 bits per heavy atom. The SMILES string of the molecule is CC(C)C(=O)Nc1nc2c(ncn2[C@@H]2O[C@H](CO)[C@@H](F)[C@H]2OP(=O)(S)OCc2nc3cncnc3n2CCO)c(=O)[nH]1. The van der Waals surface area contributed by atoms with Crippen LogP contribution in [0, 0.1) is 5.92 Å². The average Bonchev–Trinajstić information content (AvgIpc) is 3.62. The topological polar surface area (TPSA) is 221 Å². The number of rotatable bonds is 11. The molecule has 4 aromatic rings. The normalized spacial score (nSPS) is 22.3. The van der Waals surface area contributed by atoms with Crippen LogP contribution >= 0.6 is 19.0 Å². The number of ether oxygens (including phenoxy) is 1. The Morgan fingerprint density at radius 2 is 2.10 bits per heavy atom. The number of nitrogens with one attached hydrogen (secondary N) is 2. The summed E-state index contributed by atoms with van der Waals surface area (Å²) in [7, 11) is 0. The van der Waals surface area contributed by atoms with Crippen LogP contribution in [0.25, 0.3) is 22.3 Å². The van der Waals surface area contributed by atoms with Gasteiger partial charge in [-0.25, -0.2) is 28.9 Å². The Labute approximate surface area is 241 Å². The van der Waals surface area contributed by atoms with E-state index in [4.69, 9.17) is 13.8 Å². The second-order valence-electron chi connectivity index (χ2n) is 9.52. The molecule has 5 heterocycles. The number of alkyl halides is 1. The number of thiol groups is 1. The summed E-state index contributed by atoms with van der Waals surface area (Å²) in [5.41, 5.74) is -0.140. The molecule has 5 rings (SSSR count). The number of carbonyl (C=O) groups is 1. The molecule has 1 saturated heterocycles. The predicted molar refractivity (Wildman–Crippen MR) is 146 cm³/mol. The lowest BCUT2D eigenvalue weighted by Gasteiger charge is -2.24. The van der Waals surface area contributed by atoms with Gasteiger partial charge in [0, 0.05) is 12.5 Å². The van der Waals surface area contributed by atoms with Gasteiger partial charge in [0.1, 0.15) is 36.5 Å². The molecule has 42 heavy (non-hydrogen) atoms. The van der Waals surface area contributed by atoms with E-state index < -0.39 is 62.0 Å². The van der Waals surface area contributed by atoms with E-state index in [1.165, 1.54) is 17.1 Å². The van der Waals surface area contributed by atoms with Crippen molar-refractivity contribution in [3.63, 3.8) is 0 Å². The van der Waals surface area contributed by atoms with Crippen molar-refractivity contribution in [1.29, 1.82) is 0 Å². The van der Waals surface area contributed by atoms with Crippen molar-refractivity contribution >= 4 is 53.2 Å². The molecule has 4 N–H and O–H groups in total. The van der Waals surface area contributed by atoms with Crippen LogP contribution in [0.1, 0.15) is 25.9 Å². The molecule has 4 aromatic heterocycles. The number of amides is 1. The van der Waals surface area contributed by atoms with E-state index in [1.807, 2.05) is 0 Å². The number of nitrogens with zero attached hydrogens (tertiary/aromatic N) is 7. The lowest BCUT2D eigenvalue weighted by molar-refractivity contribution is -0.118. The van der Waals surface area contributed by atoms with E-state index in [2.05, 4.69) is 47.5 Å². The molecule has 0 aromatic carbocycles. The monoisotopic (exact) mass is 627 g/mol. The van der Waals surface area contributed by atoms with Gasteiger partial charge in [-0.15, -0.1) is 0 Å². The first-order valence-corrected chi connectivity index (χ1v) is 15.3. The fraction of sp³-hybridized carbons (Fsp3) is 0.500. The van der Waals surface area contributed by atoms with Gasteiger partial charge in [-0.05, 0) is 0 Å². The Bertz CT molecular complexity index is 1710. The summed E-state index contributed by atoms with van der Waals surface area (Å²) in [4.78, 5) is 47.7. The number of aromatic amines is 1. The molecule has 1 aliphatic heterocycles. The van der Waals surface area contributed by atoms with Crippen LogP contribution in [0.2, 0.25) is 0 Å². The quantitative estimate of drug-likeness (QED) is 0.114. The molecule has 1 unspecified atom stereocenters. The van der Waals surface area contributed by atoms with Gasteiger partial charge in [0.05, 0.1) is 25.7 Å². The molecule has 226 valence electrons. The maximum absolute atomic E-state index is 15.5. The molecule has 0 saturated carbocycles. The van der Waals surface area contributed by atoms with E-state index >= 15 is 4.39 Å². The molecular formula is C22H27FN9O8PS. The number of halogens is 1. The highest BCUT2D eigenvalue weighted by atomic mass is 32.7. The summed E-state index contributed by atoms with van der Waals surface area (Å²) in [5, 5.41) is 21.6. The third kappa shape index (κ3) is 5.94. The van der Waals surface area contributed by atoms with Crippen molar-refractivity contribution in [3.05, 3.63) is 35.0 Å². The van der Waals surface area contributed by atoms with Crippen LogP contribution < -0.4 is 10.9 Å². The molecule has 20 heteroatoms. The number of carbonyl (C=O) groups excluding carboxylic acids is 1. The minimum absolute atomic E-state index is 0.101. The minimum atomic E-state index is -4.35. The highest BCUT2D eigenvalue weighted by Crippen LogP contribution is 2.57. The number of fused-ring (bicyclic) bond motifs is 2. The van der Waals surface area contributed by atoms with Gasteiger partial charge in [0.15, 0.2) is 29.2 Å². The number of anilines is 1. The number of imidazole rings is 2. The lowest BCUT2D eigenvalue weighted by atomic mass is 10.1. The first kappa shape index (κ1) is 30.1. The summed E-state index contributed by atoms with van der Waals surface area (Å²) in [6.45, 7) is -2.37. The van der Waals surface area contributed by atoms with Crippen molar-refractivity contribution in [1.82, 2.24) is 39.0 Å². The van der Waals surface area contributed by atoms with Gasteiger partial charge in [0.25, 0.3) is 5.56 Å². The van der Waals surface area contributed by atoms with Crippen LogP contribution in [0.5, 0.6) is 0 Å². The van der Waals surface area contributed by atoms with Crippen LogP contribution in [0.15, 0.2) is 23.6 Å². The second kappa shape index (κ2) is 12.1. The Kier molecular flexibility index (Phi) is 8.70. The number of hydrogen-bond acceptors (Lipinski definition) is 13. The molecule has 0 radical (unpaired) electrons. The molecular weight excluding hydrogens is 600 g/mol. The van der Waals surface area contributed by atoms with Gasteiger partial charge in [-0.3, -0.25) is 33.5 Å². The van der Waals surface area contributed by atoms with E-state index in [0.717, 1.165) is 10.9 Å². The summed E-state index contributed by atoms with van der Waals surface area (Å²) in [6.07, 6.45) is -2.62. The summed E-state index contributed by atoms with van der Waals surface area (Å²) < 4.78 is 48.1. The zero-order chi connectivity index (χ0) is 30.2. The van der Waals surface area contributed by atoms with Crippen LogP contribution in [0.3, 0.4) is 0 Å². The molecule has 1 aliphatic rings. The largest absolute Gasteiger partial charge is 0.395 e. The van der Waals surface area contributed by atoms with Gasteiger partial charge in [-0.1, -0.05) is 26.1 Å². The molecule has 5 atom stereocenters.